The van der Waals surface area contributed by atoms with Crippen molar-refractivity contribution in [2.45, 2.75) is 18.2 Å². The Morgan fingerprint density at radius 3 is 2.72 bits per heavy atom. The molecular weight excluding hydrogens is 334 g/mol. The van der Waals surface area contributed by atoms with Gasteiger partial charge in [0.05, 0.1) is 16.3 Å². The number of nitrogens with zero attached hydrogens (tertiary/aromatic N) is 2. The molecule has 0 amide bonds. The predicted molar refractivity (Wildman–Crippen MR) is 98.9 cm³/mol. The highest BCUT2D eigenvalue weighted by Gasteiger charge is 2.36. The van der Waals surface area contributed by atoms with Crippen molar-refractivity contribution in [3.63, 3.8) is 0 Å². The number of sulfone groups is 1. The van der Waals surface area contributed by atoms with Crippen LogP contribution in [0.5, 0.6) is 0 Å². The maximum atomic E-state index is 12.0. The van der Waals surface area contributed by atoms with Crippen molar-refractivity contribution in [1.82, 2.24) is 10.3 Å². The number of pyridine rings is 1. The monoisotopic (exact) mass is 353 g/mol. The second-order valence-electron chi connectivity index (χ2n) is 6.49. The van der Waals surface area contributed by atoms with Crippen LogP contribution in [0.3, 0.4) is 0 Å². The number of amidine groups is 1. The molecule has 3 heterocycles. The summed E-state index contributed by atoms with van der Waals surface area (Å²) in [6.45, 7) is 2.75. The zero-order valence-electron chi connectivity index (χ0n) is 14.2. The largest absolute Gasteiger partial charge is 0.342 e. The molecule has 2 aliphatic rings. The Morgan fingerprint density at radius 2 is 1.96 bits per heavy atom. The smallest absolute Gasteiger partial charge is 0.175 e. The first-order chi connectivity index (χ1) is 11.9. The van der Waals surface area contributed by atoms with Crippen LogP contribution in [0.1, 0.15) is 23.4 Å². The zero-order valence-corrected chi connectivity index (χ0v) is 15.0. The Morgan fingerprint density at radius 1 is 1.16 bits per heavy atom. The van der Waals surface area contributed by atoms with E-state index in [0.29, 0.717) is 4.90 Å². The molecule has 25 heavy (non-hydrogen) atoms. The molecule has 2 aliphatic heterocycles. The summed E-state index contributed by atoms with van der Waals surface area (Å²) in [4.78, 5) is 9.53. The Labute approximate surface area is 147 Å². The Kier molecular flexibility index (Phi) is 3.72. The van der Waals surface area contributed by atoms with E-state index >= 15 is 0 Å². The maximum Gasteiger partial charge on any atom is 0.175 e. The predicted octanol–water partition coefficient (Wildman–Crippen LogP) is 2.68. The van der Waals surface area contributed by atoms with Crippen LogP contribution in [0.25, 0.3) is 11.3 Å². The van der Waals surface area contributed by atoms with E-state index < -0.39 is 9.84 Å². The third-order valence-electron chi connectivity index (χ3n) is 4.62. The summed E-state index contributed by atoms with van der Waals surface area (Å²) >= 11 is 0. The number of hydrogen-bond donors (Lipinski definition) is 1. The number of rotatable bonds is 3. The minimum Gasteiger partial charge on any atom is -0.342 e. The fourth-order valence-corrected chi connectivity index (χ4v) is 4.13. The number of nitrogens with one attached hydrogen (secondary N) is 1. The average molecular weight is 353 g/mol. The van der Waals surface area contributed by atoms with E-state index in [9.17, 15) is 8.42 Å². The van der Waals surface area contributed by atoms with Gasteiger partial charge < -0.3 is 5.32 Å². The number of benzene rings is 1. The van der Waals surface area contributed by atoms with Crippen LogP contribution in [0.15, 0.2) is 52.4 Å². The lowest BCUT2D eigenvalue weighted by Crippen LogP contribution is -2.18. The molecule has 5 nitrogen and oxygen atoms in total. The topological polar surface area (TPSA) is 71.4 Å². The second-order valence-corrected chi connectivity index (χ2v) is 8.50. The molecule has 6 heteroatoms. The number of fused-ring (bicyclic) bond motifs is 1. The minimum absolute atomic E-state index is 0.173. The summed E-state index contributed by atoms with van der Waals surface area (Å²) in [6.07, 6.45) is 2.16. The summed E-state index contributed by atoms with van der Waals surface area (Å²) in [5, 5.41) is 3.42. The van der Waals surface area contributed by atoms with Crippen molar-refractivity contribution in [3.05, 3.63) is 59.4 Å². The molecule has 1 N–H and O–H groups in total. The van der Waals surface area contributed by atoms with Gasteiger partial charge >= 0.3 is 0 Å². The number of aliphatic imine (C=N–C) groups is 1. The summed E-state index contributed by atoms with van der Waals surface area (Å²) in [5.74, 6) is 1.13. The van der Waals surface area contributed by atoms with E-state index in [1.54, 1.807) is 18.2 Å². The molecule has 0 bridgehead atoms. The number of hydrogen-bond acceptors (Lipinski definition) is 5. The summed E-state index contributed by atoms with van der Waals surface area (Å²) in [5.41, 5.74) is 4.72. The molecule has 0 saturated heterocycles. The van der Waals surface area contributed by atoms with Gasteiger partial charge in [0.2, 0.25) is 0 Å². The van der Waals surface area contributed by atoms with Crippen molar-refractivity contribution in [3.8, 4) is 0 Å². The Balaban J connectivity index is 1.91. The van der Waals surface area contributed by atoms with Gasteiger partial charge in [-0.15, -0.1) is 0 Å². The van der Waals surface area contributed by atoms with E-state index in [1.165, 1.54) is 6.26 Å². The van der Waals surface area contributed by atoms with E-state index in [-0.39, 0.29) is 5.92 Å². The van der Waals surface area contributed by atoms with E-state index in [2.05, 4.69) is 15.3 Å². The van der Waals surface area contributed by atoms with Gasteiger partial charge in [-0.2, -0.15) is 0 Å². The normalized spacial score (nSPS) is 19.6. The van der Waals surface area contributed by atoms with Crippen molar-refractivity contribution >= 4 is 26.9 Å². The third-order valence-corrected chi connectivity index (χ3v) is 5.73. The van der Waals surface area contributed by atoms with Crippen LogP contribution in [0.4, 0.5) is 0 Å². The van der Waals surface area contributed by atoms with Gasteiger partial charge in [-0.25, -0.2) is 8.42 Å². The molecule has 0 saturated carbocycles. The second kappa shape index (κ2) is 5.81. The lowest BCUT2D eigenvalue weighted by Gasteiger charge is -2.12. The van der Waals surface area contributed by atoms with Crippen LogP contribution in [0.2, 0.25) is 0 Å². The lowest BCUT2D eigenvalue weighted by molar-refractivity contribution is 0.602. The molecule has 0 aliphatic carbocycles. The minimum atomic E-state index is -3.25. The van der Waals surface area contributed by atoms with Crippen LogP contribution < -0.4 is 5.32 Å². The van der Waals surface area contributed by atoms with Gasteiger partial charge in [0.1, 0.15) is 5.84 Å². The highest BCUT2D eigenvalue weighted by Crippen LogP contribution is 2.40. The fourth-order valence-electron chi connectivity index (χ4n) is 3.46. The Hall–Kier alpha value is -2.47. The van der Waals surface area contributed by atoms with Gasteiger partial charge in [0, 0.05) is 24.4 Å². The highest BCUT2D eigenvalue weighted by atomic mass is 32.2. The van der Waals surface area contributed by atoms with Crippen LogP contribution in [-0.2, 0) is 9.84 Å². The first-order valence-electron chi connectivity index (χ1n) is 8.23. The molecule has 1 unspecified atom stereocenters. The van der Waals surface area contributed by atoms with Gasteiger partial charge in [-0.3, -0.25) is 9.98 Å². The van der Waals surface area contributed by atoms with Gasteiger partial charge in [-0.1, -0.05) is 18.2 Å². The molecule has 0 spiro atoms. The molecule has 0 fully saturated rings. The Bertz CT molecular complexity index is 1020. The first-order valence-corrected chi connectivity index (χ1v) is 10.1. The van der Waals surface area contributed by atoms with Crippen LogP contribution >= 0.6 is 0 Å². The van der Waals surface area contributed by atoms with Crippen molar-refractivity contribution in [1.29, 1.82) is 0 Å². The van der Waals surface area contributed by atoms with E-state index in [4.69, 9.17) is 0 Å². The van der Waals surface area contributed by atoms with Crippen LogP contribution in [-0.4, -0.2) is 32.0 Å². The fraction of sp³-hybridized carbons (Fsp3) is 0.263. The number of aromatic nitrogens is 1. The molecule has 0 radical (unpaired) electrons. The van der Waals surface area contributed by atoms with E-state index in [0.717, 1.165) is 47.0 Å². The maximum absolute atomic E-state index is 12.0. The SMILES string of the molecule is Cc1cccc(C2=C(c3cccc(S(C)(=O)=O)c3)C3CCN=C3N2)n1. The molecule has 1 aromatic heterocycles. The van der Waals surface area contributed by atoms with Gasteiger partial charge in [0.25, 0.3) is 0 Å². The molecule has 2 aromatic rings. The third kappa shape index (κ3) is 2.87. The summed E-state index contributed by atoms with van der Waals surface area (Å²) in [7, 11) is -3.25. The molecular formula is C19H19N3O2S. The van der Waals surface area contributed by atoms with E-state index in [1.807, 2.05) is 31.2 Å². The molecule has 1 aromatic carbocycles. The first kappa shape index (κ1) is 16.0. The van der Waals surface area contributed by atoms with Crippen molar-refractivity contribution in [2.75, 3.05) is 12.8 Å². The van der Waals surface area contributed by atoms with Crippen molar-refractivity contribution < 1.29 is 8.42 Å². The number of aryl methyl sites for hydroxylation is 1. The average Bonchev–Trinajstić information content (AvgIpc) is 3.14. The highest BCUT2D eigenvalue weighted by molar-refractivity contribution is 7.90. The molecule has 128 valence electrons. The summed E-state index contributed by atoms with van der Waals surface area (Å²) < 4.78 is 23.9. The van der Waals surface area contributed by atoms with Gasteiger partial charge in [0.15, 0.2) is 9.84 Å². The lowest BCUT2D eigenvalue weighted by atomic mass is 9.91. The van der Waals surface area contributed by atoms with Crippen LogP contribution in [0, 0.1) is 12.8 Å². The molecule has 4 rings (SSSR count). The molecule has 1 atom stereocenters. The quantitative estimate of drug-likeness (QED) is 0.921. The standard InChI is InChI=1S/C19H19N3O2S/c1-12-5-3-8-16(21-12)18-17(15-9-10-20-19(15)22-18)13-6-4-7-14(11-13)25(2,23)24/h3-8,11,15H,9-10H2,1-2H3,(H,20,22). The summed E-state index contributed by atoms with van der Waals surface area (Å²) in [6, 6.07) is 13.1. The van der Waals surface area contributed by atoms with Gasteiger partial charge in [-0.05, 0) is 48.7 Å². The zero-order chi connectivity index (χ0) is 17.6. The van der Waals surface area contributed by atoms with Crippen molar-refractivity contribution in [2.24, 2.45) is 10.9 Å².